The van der Waals surface area contributed by atoms with Gasteiger partial charge in [-0.3, -0.25) is 4.98 Å². The van der Waals surface area contributed by atoms with Crippen LogP contribution < -0.4 is 0 Å². The van der Waals surface area contributed by atoms with Crippen LogP contribution in [0.2, 0.25) is 0 Å². The van der Waals surface area contributed by atoms with Crippen LogP contribution in [0.5, 0.6) is 0 Å². The number of aromatic nitrogens is 1. The highest BCUT2D eigenvalue weighted by Gasteiger charge is 2.24. The monoisotopic (exact) mass is 394 g/mol. The van der Waals surface area contributed by atoms with Crippen LogP contribution in [0, 0.1) is 0 Å². The quantitative estimate of drug-likeness (QED) is 0.676. The molecule has 0 N–H and O–H groups in total. The molecular weight excluding hydrogens is 376 g/mol. The maximum atomic E-state index is 12.1. The average molecular weight is 395 g/mol. The fraction of sp³-hybridized carbons (Fsp3) is 0.412. The average Bonchev–Trinajstić information content (AvgIpc) is 2.88. The summed E-state index contributed by atoms with van der Waals surface area (Å²) in [5.41, 5.74) is 1.85. The van der Waals surface area contributed by atoms with Gasteiger partial charge in [0.2, 0.25) is 0 Å². The zero-order valence-electron chi connectivity index (χ0n) is 13.4. The zero-order chi connectivity index (χ0) is 16.6. The van der Waals surface area contributed by atoms with Gasteiger partial charge < -0.3 is 9.64 Å². The minimum atomic E-state index is -0.453. The molecule has 0 bridgehead atoms. The minimum absolute atomic E-state index is 0.241. The van der Waals surface area contributed by atoms with Crippen LogP contribution in [0.4, 0.5) is 4.79 Å². The van der Waals surface area contributed by atoms with Gasteiger partial charge in [-0.05, 0) is 60.8 Å². The lowest BCUT2D eigenvalue weighted by atomic mass is 10.1. The van der Waals surface area contributed by atoms with Gasteiger partial charge >= 0.3 is 6.09 Å². The van der Waals surface area contributed by atoms with E-state index in [-0.39, 0.29) is 6.09 Å². The van der Waals surface area contributed by atoms with Gasteiger partial charge in [-0.25, -0.2) is 4.79 Å². The zero-order valence-corrected chi connectivity index (χ0v) is 15.8. The normalized spacial score (nSPS) is 15.7. The van der Waals surface area contributed by atoms with Crippen molar-refractivity contribution in [3.8, 4) is 0 Å². The molecule has 2 aromatic rings. The molecule has 0 aliphatic carbocycles. The van der Waals surface area contributed by atoms with E-state index < -0.39 is 5.60 Å². The molecular formula is C17H19BrN2O2S. The highest BCUT2D eigenvalue weighted by Crippen LogP contribution is 2.33. The molecule has 4 nitrogen and oxygen atoms in total. The van der Waals surface area contributed by atoms with E-state index in [1.807, 2.05) is 27.0 Å². The number of hydrogen-bond donors (Lipinski definition) is 0. The van der Waals surface area contributed by atoms with Crippen molar-refractivity contribution in [2.45, 2.75) is 32.8 Å². The number of pyridine rings is 1. The largest absolute Gasteiger partial charge is 0.444 e. The molecule has 0 saturated heterocycles. The Kier molecular flexibility index (Phi) is 4.47. The van der Waals surface area contributed by atoms with Crippen LogP contribution in [0.15, 0.2) is 28.9 Å². The number of halogens is 1. The molecule has 1 amide bonds. The first-order chi connectivity index (χ1) is 10.8. The van der Waals surface area contributed by atoms with Crippen LogP contribution in [0.25, 0.3) is 15.8 Å². The highest BCUT2D eigenvalue weighted by molar-refractivity contribution is 9.10. The van der Waals surface area contributed by atoms with Crippen molar-refractivity contribution < 1.29 is 9.53 Å². The smallest absolute Gasteiger partial charge is 0.410 e. The Morgan fingerprint density at radius 2 is 2.17 bits per heavy atom. The van der Waals surface area contributed by atoms with Crippen molar-refractivity contribution >= 4 is 49.1 Å². The molecule has 0 fully saturated rings. The summed E-state index contributed by atoms with van der Waals surface area (Å²) in [7, 11) is 0. The number of amides is 1. The molecule has 0 spiro atoms. The fourth-order valence-corrected chi connectivity index (χ4v) is 4.05. The van der Waals surface area contributed by atoms with E-state index in [4.69, 9.17) is 4.74 Å². The van der Waals surface area contributed by atoms with Crippen LogP contribution in [0.1, 0.15) is 32.1 Å². The number of fused-ring (bicyclic) bond motifs is 1. The van der Waals surface area contributed by atoms with E-state index in [1.165, 1.54) is 15.2 Å². The summed E-state index contributed by atoms with van der Waals surface area (Å²) >= 11 is 5.20. The third-order valence-corrected chi connectivity index (χ3v) is 5.09. The molecule has 1 aliphatic heterocycles. The Balaban J connectivity index is 1.74. The van der Waals surface area contributed by atoms with Crippen LogP contribution in [-0.2, 0) is 4.74 Å². The van der Waals surface area contributed by atoms with Gasteiger partial charge in [0.25, 0.3) is 0 Å². The summed E-state index contributed by atoms with van der Waals surface area (Å²) in [6.45, 7) is 6.94. The van der Waals surface area contributed by atoms with Gasteiger partial charge in [-0.2, -0.15) is 0 Å². The van der Waals surface area contributed by atoms with E-state index in [2.05, 4.69) is 39.1 Å². The third-order valence-electron chi connectivity index (χ3n) is 3.51. The van der Waals surface area contributed by atoms with Gasteiger partial charge in [-0.1, -0.05) is 6.08 Å². The molecule has 0 radical (unpaired) electrons. The maximum absolute atomic E-state index is 12.1. The van der Waals surface area contributed by atoms with E-state index in [1.54, 1.807) is 16.2 Å². The van der Waals surface area contributed by atoms with Gasteiger partial charge in [-0.15, -0.1) is 11.3 Å². The molecule has 0 saturated carbocycles. The Morgan fingerprint density at radius 3 is 2.83 bits per heavy atom. The Labute approximate surface area is 148 Å². The second-order valence-corrected chi connectivity index (χ2v) is 8.55. The van der Waals surface area contributed by atoms with E-state index in [0.717, 1.165) is 16.4 Å². The second-order valence-electron chi connectivity index (χ2n) is 6.55. The van der Waals surface area contributed by atoms with Gasteiger partial charge in [0, 0.05) is 28.6 Å². The van der Waals surface area contributed by atoms with Crippen LogP contribution >= 0.6 is 27.3 Å². The van der Waals surface area contributed by atoms with Gasteiger partial charge in [0.15, 0.2) is 0 Å². The van der Waals surface area contributed by atoms with Crippen LogP contribution in [0.3, 0.4) is 0 Å². The molecule has 6 heteroatoms. The molecule has 0 unspecified atom stereocenters. The highest BCUT2D eigenvalue weighted by atomic mass is 79.9. The predicted molar refractivity (Wildman–Crippen MR) is 97.7 cm³/mol. The number of nitrogens with zero attached hydrogens (tertiary/aromatic N) is 2. The predicted octanol–water partition coefficient (Wildman–Crippen LogP) is 5.08. The number of ether oxygens (including phenoxy) is 1. The first kappa shape index (κ1) is 16.5. The van der Waals surface area contributed by atoms with Crippen molar-refractivity contribution in [1.29, 1.82) is 0 Å². The molecule has 2 aromatic heterocycles. The molecule has 0 atom stereocenters. The molecule has 1 aliphatic rings. The molecule has 3 heterocycles. The minimum Gasteiger partial charge on any atom is -0.444 e. The van der Waals surface area contributed by atoms with Crippen molar-refractivity contribution in [2.75, 3.05) is 13.1 Å². The number of carbonyl (C=O) groups is 1. The summed E-state index contributed by atoms with van der Waals surface area (Å²) in [6.07, 6.45) is 4.54. The molecule has 23 heavy (non-hydrogen) atoms. The summed E-state index contributed by atoms with van der Waals surface area (Å²) in [5.74, 6) is 0. The summed E-state index contributed by atoms with van der Waals surface area (Å²) in [6, 6.07) is 4.22. The topological polar surface area (TPSA) is 42.4 Å². The number of hydrogen-bond acceptors (Lipinski definition) is 4. The Morgan fingerprint density at radius 1 is 1.39 bits per heavy atom. The van der Waals surface area contributed by atoms with Crippen molar-refractivity contribution in [3.63, 3.8) is 0 Å². The van der Waals surface area contributed by atoms with Crippen LogP contribution in [-0.4, -0.2) is 34.7 Å². The van der Waals surface area contributed by atoms with E-state index in [0.29, 0.717) is 13.1 Å². The van der Waals surface area contributed by atoms with E-state index >= 15 is 0 Å². The van der Waals surface area contributed by atoms with Crippen molar-refractivity contribution in [3.05, 3.63) is 33.8 Å². The van der Waals surface area contributed by atoms with Crippen molar-refractivity contribution in [1.82, 2.24) is 9.88 Å². The van der Waals surface area contributed by atoms with Gasteiger partial charge in [0.1, 0.15) is 5.60 Å². The first-order valence-corrected chi connectivity index (χ1v) is 9.15. The Bertz CT molecular complexity index is 776. The molecule has 122 valence electrons. The number of thiophene rings is 1. The second kappa shape index (κ2) is 6.24. The number of carbonyl (C=O) groups excluding carboxylic acids is 1. The first-order valence-electron chi connectivity index (χ1n) is 7.54. The summed E-state index contributed by atoms with van der Waals surface area (Å²) in [4.78, 5) is 19.5. The van der Waals surface area contributed by atoms with Crippen molar-refractivity contribution in [2.24, 2.45) is 0 Å². The fourth-order valence-electron chi connectivity index (χ4n) is 2.44. The lowest BCUT2D eigenvalue weighted by Crippen LogP contribution is -2.39. The lowest BCUT2D eigenvalue weighted by molar-refractivity contribution is 0.0270. The van der Waals surface area contributed by atoms with E-state index in [9.17, 15) is 4.79 Å². The molecule has 3 rings (SSSR count). The summed E-state index contributed by atoms with van der Waals surface area (Å²) in [5, 5.41) is 0. The summed E-state index contributed by atoms with van der Waals surface area (Å²) < 4.78 is 7.59. The van der Waals surface area contributed by atoms with Gasteiger partial charge in [0.05, 0.1) is 10.2 Å². The molecule has 0 aromatic carbocycles. The standard InChI is InChI=1S/C17H19BrN2O2S/c1-17(2,3)22-16(21)20-6-4-11(5-7-20)14-9-13-15(23-14)8-12(18)10-19-13/h4,8-10H,5-7H2,1-3H3. The number of rotatable bonds is 1. The SMILES string of the molecule is CC(C)(C)OC(=O)N1CC=C(c2cc3ncc(Br)cc3s2)CC1. The Hall–Kier alpha value is -1.40. The lowest BCUT2D eigenvalue weighted by Gasteiger charge is -2.29. The maximum Gasteiger partial charge on any atom is 0.410 e. The third kappa shape index (κ3) is 3.93.